The Balaban J connectivity index is 1.43. The lowest BCUT2D eigenvalue weighted by Crippen LogP contribution is -2.39. The molecule has 3 aromatic rings. The van der Waals surface area contributed by atoms with Crippen LogP contribution in [-0.4, -0.2) is 48.8 Å². The Morgan fingerprint density at radius 2 is 1.88 bits per heavy atom. The molecule has 1 aromatic heterocycles. The number of rotatable bonds is 5. The first-order valence-corrected chi connectivity index (χ1v) is 12.6. The van der Waals surface area contributed by atoms with Crippen molar-refractivity contribution in [1.29, 1.82) is 0 Å². The maximum atomic E-state index is 12.8. The molecule has 32 heavy (non-hydrogen) atoms. The number of carbonyl (C=O) groups is 1. The number of nitrogens with one attached hydrogen (secondary N) is 1. The second-order valence-corrected chi connectivity index (χ2v) is 11.9. The summed E-state index contributed by atoms with van der Waals surface area (Å²) in [5.74, 6) is 0.865. The second kappa shape index (κ2) is 8.67. The Kier molecular flexibility index (Phi) is 6.09. The van der Waals surface area contributed by atoms with Gasteiger partial charge in [-0.05, 0) is 41.3 Å². The van der Waals surface area contributed by atoms with E-state index in [4.69, 9.17) is 4.42 Å². The molecule has 1 fully saturated rings. The Hall–Kier alpha value is -2.71. The second-order valence-electron chi connectivity index (χ2n) is 9.61. The summed E-state index contributed by atoms with van der Waals surface area (Å²) in [6, 6.07) is 12.9. The fourth-order valence-electron chi connectivity index (χ4n) is 3.76. The van der Waals surface area contributed by atoms with Gasteiger partial charge in [0.05, 0.1) is 11.5 Å². The van der Waals surface area contributed by atoms with E-state index in [1.54, 1.807) is 6.07 Å². The number of nitrogens with zero attached hydrogens (tertiary/aromatic N) is 2. The molecule has 0 unspecified atom stereocenters. The fourth-order valence-corrected chi connectivity index (χ4v) is 5.04. The molecule has 1 amide bonds. The van der Waals surface area contributed by atoms with Gasteiger partial charge >= 0.3 is 0 Å². The molecule has 0 aliphatic carbocycles. The lowest BCUT2D eigenvalue weighted by atomic mass is 9.92. The largest absolute Gasteiger partial charge is 0.441 e. The molecule has 0 atom stereocenters. The van der Waals surface area contributed by atoms with Crippen LogP contribution < -0.4 is 5.32 Å². The fraction of sp³-hybridized carbons (Fsp3) is 0.417. The van der Waals surface area contributed by atoms with Crippen LogP contribution in [0.3, 0.4) is 0 Å². The quantitative estimate of drug-likeness (QED) is 0.627. The van der Waals surface area contributed by atoms with E-state index in [1.807, 2.05) is 36.4 Å². The van der Waals surface area contributed by atoms with Crippen molar-refractivity contribution >= 4 is 32.5 Å². The van der Waals surface area contributed by atoms with E-state index >= 15 is 0 Å². The number of hydrogen-bond donors (Lipinski definition) is 1. The van der Waals surface area contributed by atoms with Crippen molar-refractivity contribution in [3.63, 3.8) is 0 Å². The molecule has 1 saturated heterocycles. The van der Waals surface area contributed by atoms with Gasteiger partial charge in [0.2, 0.25) is 0 Å². The molecule has 0 saturated carbocycles. The molecule has 2 heterocycles. The van der Waals surface area contributed by atoms with Crippen LogP contribution in [0.2, 0.25) is 0 Å². The van der Waals surface area contributed by atoms with Crippen LogP contribution in [0, 0.1) is 5.41 Å². The molecule has 7 nitrogen and oxygen atoms in total. The Labute approximate surface area is 188 Å². The predicted molar refractivity (Wildman–Crippen MR) is 125 cm³/mol. The highest BCUT2D eigenvalue weighted by molar-refractivity contribution is 7.91. The van der Waals surface area contributed by atoms with Gasteiger partial charge in [0.25, 0.3) is 5.91 Å². The molecule has 0 spiro atoms. The van der Waals surface area contributed by atoms with Gasteiger partial charge in [0, 0.05) is 37.3 Å². The molecule has 1 N–H and O–H groups in total. The van der Waals surface area contributed by atoms with Gasteiger partial charge in [0.1, 0.15) is 5.52 Å². The first-order valence-electron chi connectivity index (χ1n) is 10.8. The van der Waals surface area contributed by atoms with Gasteiger partial charge in [-0.1, -0.05) is 32.9 Å². The van der Waals surface area contributed by atoms with Crippen LogP contribution >= 0.6 is 0 Å². The van der Waals surface area contributed by atoms with Crippen LogP contribution in [0.4, 0.5) is 5.69 Å². The van der Waals surface area contributed by atoms with Crippen molar-refractivity contribution in [2.75, 3.05) is 29.9 Å². The monoisotopic (exact) mass is 455 g/mol. The third-order valence-electron chi connectivity index (χ3n) is 5.40. The zero-order chi connectivity index (χ0) is 22.9. The summed E-state index contributed by atoms with van der Waals surface area (Å²) >= 11 is 0. The molecule has 1 aliphatic rings. The first kappa shape index (κ1) is 22.5. The summed E-state index contributed by atoms with van der Waals surface area (Å²) in [5, 5.41) is 2.94. The minimum atomic E-state index is -2.91. The third-order valence-corrected chi connectivity index (χ3v) is 7.01. The number of carbonyl (C=O) groups excluding carboxylic acids is 1. The topological polar surface area (TPSA) is 92.5 Å². The van der Waals surface area contributed by atoms with Gasteiger partial charge in [-0.3, -0.25) is 9.69 Å². The first-order chi connectivity index (χ1) is 15.1. The Morgan fingerprint density at radius 1 is 1.12 bits per heavy atom. The molecule has 4 rings (SSSR count). The summed E-state index contributed by atoms with van der Waals surface area (Å²) in [5.41, 5.74) is 3.69. The number of oxazole rings is 1. The lowest BCUT2D eigenvalue weighted by molar-refractivity contribution is 0.102. The molecule has 0 bridgehead atoms. The van der Waals surface area contributed by atoms with Gasteiger partial charge in [0.15, 0.2) is 21.3 Å². The van der Waals surface area contributed by atoms with Gasteiger partial charge in [-0.25, -0.2) is 13.4 Å². The molecular formula is C24H29N3O4S. The summed E-state index contributed by atoms with van der Waals surface area (Å²) in [6.45, 7) is 8.07. The minimum Gasteiger partial charge on any atom is -0.441 e. The van der Waals surface area contributed by atoms with Gasteiger partial charge in [-0.2, -0.15) is 0 Å². The van der Waals surface area contributed by atoms with Crippen molar-refractivity contribution in [3.8, 4) is 0 Å². The zero-order valence-corrected chi connectivity index (χ0v) is 19.5. The van der Waals surface area contributed by atoms with E-state index in [2.05, 4.69) is 36.0 Å². The van der Waals surface area contributed by atoms with Gasteiger partial charge < -0.3 is 9.73 Å². The maximum Gasteiger partial charge on any atom is 0.255 e. The normalized spacial score (nSPS) is 16.8. The van der Waals surface area contributed by atoms with E-state index in [-0.39, 0.29) is 22.8 Å². The van der Waals surface area contributed by atoms with Crippen LogP contribution in [0.25, 0.3) is 11.1 Å². The number of sulfone groups is 1. The van der Waals surface area contributed by atoms with Crippen molar-refractivity contribution in [1.82, 2.24) is 9.88 Å². The molecule has 170 valence electrons. The third kappa shape index (κ3) is 5.75. The zero-order valence-electron chi connectivity index (χ0n) is 18.7. The highest BCUT2D eigenvalue weighted by Crippen LogP contribution is 2.25. The molecule has 2 aromatic carbocycles. The van der Waals surface area contributed by atoms with E-state index in [1.165, 1.54) is 0 Å². The Morgan fingerprint density at radius 3 is 2.59 bits per heavy atom. The molecule has 1 aliphatic heterocycles. The predicted octanol–water partition coefficient (Wildman–Crippen LogP) is 3.90. The number of amides is 1. The van der Waals surface area contributed by atoms with Gasteiger partial charge in [-0.15, -0.1) is 0 Å². The molecule has 8 heteroatoms. The van der Waals surface area contributed by atoms with Crippen molar-refractivity contribution in [3.05, 3.63) is 59.5 Å². The van der Waals surface area contributed by atoms with E-state index in [9.17, 15) is 13.2 Å². The highest BCUT2D eigenvalue weighted by atomic mass is 32.2. The Bertz CT molecular complexity index is 1230. The lowest BCUT2D eigenvalue weighted by Gasteiger charge is -2.26. The average Bonchev–Trinajstić information content (AvgIpc) is 3.09. The summed E-state index contributed by atoms with van der Waals surface area (Å²) in [6.07, 6.45) is 0.735. The molecular weight excluding hydrogens is 426 g/mol. The van der Waals surface area contributed by atoms with Crippen LogP contribution in [0.15, 0.2) is 46.9 Å². The number of fused-ring (bicyclic) bond motifs is 1. The number of hydrogen-bond acceptors (Lipinski definition) is 6. The average molecular weight is 456 g/mol. The van der Waals surface area contributed by atoms with Crippen molar-refractivity contribution in [2.45, 2.75) is 33.7 Å². The van der Waals surface area contributed by atoms with Crippen molar-refractivity contribution < 1.29 is 17.6 Å². The van der Waals surface area contributed by atoms with Crippen LogP contribution in [-0.2, 0) is 22.8 Å². The summed E-state index contributed by atoms with van der Waals surface area (Å²) < 4.78 is 29.1. The molecule has 0 radical (unpaired) electrons. The van der Waals surface area contributed by atoms with E-state index in [0.29, 0.717) is 42.4 Å². The minimum absolute atomic E-state index is 0.0748. The van der Waals surface area contributed by atoms with Crippen LogP contribution in [0.1, 0.15) is 42.6 Å². The summed E-state index contributed by atoms with van der Waals surface area (Å²) in [4.78, 5) is 19.5. The maximum absolute atomic E-state index is 12.8. The number of anilines is 1. The smallest absolute Gasteiger partial charge is 0.255 e. The van der Waals surface area contributed by atoms with Crippen LogP contribution in [0.5, 0.6) is 0 Å². The summed E-state index contributed by atoms with van der Waals surface area (Å²) in [7, 11) is -2.91. The highest BCUT2D eigenvalue weighted by Gasteiger charge is 2.22. The number of aromatic nitrogens is 1. The van der Waals surface area contributed by atoms with E-state index in [0.717, 1.165) is 17.5 Å². The van der Waals surface area contributed by atoms with E-state index < -0.39 is 9.84 Å². The standard InChI is InChI=1S/C24H29N3O4S/c1-24(2,3)15-22-26-20-14-19(7-8-21(20)31-22)25-23(28)18-6-4-5-17(13-18)16-27-9-11-32(29,30)12-10-27/h4-8,13-14H,9-12,15-16H2,1-3H3,(H,25,28). The van der Waals surface area contributed by atoms with Crippen molar-refractivity contribution in [2.24, 2.45) is 5.41 Å². The number of benzene rings is 2. The SMILES string of the molecule is CC(C)(C)Cc1nc2cc(NC(=O)c3cccc(CN4CCS(=O)(=O)CC4)c3)ccc2o1.